The van der Waals surface area contributed by atoms with Gasteiger partial charge in [0, 0.05) is 11.1 Å². The molecule has 0 saturated carbocycles. The Morgan fingerprint density at radius 2 is 1.91 bits per heavy atom. The van der Waals surface area contributed by atoms with Gasteiger partial charge in [-0.1, -0.05) is 24.3 Å². The number of nitrogens with zero attached hydrogens (tertiary/aromatic N) is 1. The molecule has 116 valence electrons. The van der Waals surface area contributed by atoms with Crippen LogP contribution in [0.4, 0.5) is 4.39 Å². The van der Waals surface area contributed by atoms with Crippen LogP contribution >= 0.6 is 11.3 Å². The van der Waals surface area contributed by atoms with Crippen molar-refractivity contribution in [2.24, 2.45) is 0 Å². The van der Waals surface area contributed by atoms with Gasteiger partial charge in [-0.3, -0.25) is 0 Å². The summed E-state index contributed by atoms with van der Waals surface area (Å²) in [6, 6.07) is 12.9. The molecule has 0 saturated heterocycles. The van der Waals surface area contributed by atoms with Crippen LogP contribution in [0.25, 0.3) is 21.8 Å². The number of aromatic nitrogens is 1. The van der Waals surface area contributed by atoms with E-state index in [-0.39, 0.29) is 10.6 Å². The van der Waals surface area contributed by atoms with E-state index in [2.05, 4.69) is 4.98 Å². The Labute approximate surface area is 135 Å². The van der Waals surface area contributed by atoms with Crippen LogP contribution in [0.15, 0.2) is 48.5 Å². The van der Waals surface area contributed by atoms with Gasteiger partial charge in [-0.15, -0.1) is 11.3 Å². The van der Waals surface area contributed by atoms with Crippen LogP contribution in [0, 0.1) is 5.82 Å². The van der Waals surface area contributed by atoms with Crippen LogP contribution in [-0.4, -0.2) is 23.2 Å². The first-order valence-electron chi connectivity index (χ1n) is 6.73. The molecule has 1 N–H and O–H groups in total. The molecule has 0 aliphatic heterocycles. The molecule has 23 heavy (non-hydrogen) atoms. The van der Waals surface area contributed by atoms with E-state index in [1.165, 1.54) is 18.2 Å². The van der Waals surface area contributed by atoms with Crippen LogP contribution in [-0.2, 0) is 0 Å². The molecule has 0 spiro atoms. The van der Waals surface area contributed by atoms with Gasteiger partial charge in [0.1, 0.15) is 21.5 Å². The number of rotatable bonds is 4. The Morgan fingerprint density at radius 1 is 1.17 bits per heavy atom. The number of ether oxygens (including phenoxy) is 1. The molecule has 6 heteroatoms. The first-order valence-corrected chi connectivity index (χ1v) is 7.54. The SMILES string of the molecule is COc1cccc(-c2nc(-c3cccc(F)c3)c(C(=O)O)s2)c1. The summed E-state index contributed by atoms with van der Waals surface area (Å²) in [6.07, 6.45) is 0. The molecule has 0 bridgehead atoms. The van der Waals surface area contributed by atoms with Crippen molar-refractivity contribution in [2.75, 3.05) is 7.11 Å². The lowest BCUT2D eigenvalue weighted by Gasteiger charge is -2.01. The predicted octanol–water partition coefficient (Wildman–Crippen LogP) is 4.32. The molecule has 3 aromatic rings. The Kier molecular flexibility index (Phi) is 4.08. The zero-order valence-electron chi connectivity index (χ0n) is 12.1. The number of benzene rings is 2. The van der Waals surface area contributed by atoms with Gasteiger partial charge in [-0.25, -0.2) is 14.2 Å². The second-order valence-electron chi connectivity index (χ2n) is 4.74. The maximum absolute atomic E-state index is 13.4. The Morgan fingerprint density at radius 3 is 2.61 bits per heavy atom. The molecule has 4 nitrogen and oxygen atoms in total. The van der Waals surface area contributed by atoms with Crippen LogP contribution in [0.5, 0.6) is 5.75 Å². The van der Waals surface area contributed by atoms with Crippen molar-refractivity contribution in [3.05, 3.63) is 59.2 Å². The van der Waals surface area contributed by atoms with Crippen molar-refractivity contribution in [1.82, 2.24) is 4.98 Å². The van der Waals surface area contributed by atoms with E-state index < -0.39 is 11.8 Å². The number of hydrogen-bond donors (Lipinski definition) is 1. The number of aromatic carboxylic acids is 1. The van der Waals surface area contributed by atoms with E-state index >= 15 is 0 Å². The molecule has 0 amide bonds. The number of halogens is 1. The highest BCUT2D eigenvalue weighted by Crippen LogP contribution is 2.35. The van der Waals surface area contributed by atoms with Crippen molar-refractivity contribution in [3.8, 4) is 27.6 Å². The van der Waals surface area contributed by atoms with E-state index in [1.807, 2.05) is 6.07 Å². The fourth-order valence-corrected chi connectivity index (χ4v) is 3.10. The minimum absolute atomic E-state index is 0.0772. The minimum Gasteiger partial charge on any atom is -0.497 e. The summed E-state index contributed by atoms with van der Waals surface area (Å²) in [7, 11) is 1.56. The molecule has 0 radical (unpaired) electrons. The van der Waals surface area contributed by atoms with E-state index in [9.17, 15) is 14.3 Å². The highest BCUT2D eigenvalue weighted by molar-refractivity contribution is 7.17. The molecule has 0 aliphatic carbocycles. The third-order valence-electron chi connectivity index (χ3n) is 3.24. The lowest BCUT2D eigenvalue weighted by Crippen LogP contribution is -1.95. The number of methoxy groups -OCH3 is 1. The van der Waals surface area contributed by atoms with Gasteiger partial charge in [-0.05, 0) is 24.3 Å². The molecular formula is C17H12FNO3S. The van der Waals surface area contributed by atoms with Gasteiger partial charge >= 0.3 is 5.97 Å². The molecule has 1 aromatic heterocycles. The van der Waals surface area contributed by atoms with Gasteiger partial charge in [0.25, 0.3) is 0 Å². The minimum atomic E-state index is -1.09. The summed E-state index contributed by atoms with van der Waals surface area (Å²) in [5.74, 6) is -0.868. The van der Waals surface area contributed by atoms with Crippen LogP contribution in [0.1, 0.15) is 9.67 Å². The van der Waals surface area contributed by atoms with Crippen LogP contribution < -0.4 is 4.74 Å². The highest BCUT2D eigenvalue weighted by Gasteiger charge is 2.20. The third kappa shape index (κ3) is 3.07. The summed E-state index contributed by atoms with van der Waals surface area (Å²) < 4.78 is 18.6. The Balaban J connectivity index is 2.14. The van der Waals surface area contributed by atoms with Crippen molar-refractivity contribution in [3.63, 3.8) is 0 Å². The fraction of sp³-hybridized carbons (Fsp3) is 0.0588. The maximum Gasteiger partial charge on any atom is 0.348 e. The second kappa shape index (κ2) is 6.18. The molecule has 2 aromatic carbocycles. The summed E-state index contributed by atoms with van der Waals surface area (Å²) in [6.45, 7) is 0. The number of carboxylic acids is 1. The Hall–Kier alpha value is -2.73. The summed E-state index contributed by atoms with van der Waals surface area (Å²) in [4.78, 5) is 16.0. The fourth-order valence-electron chi connectivity index (χ4n) is 2.18. The monoisotopic (exact) mass is 329 g/mol. The average molecular weight is 329 g/mol. The van der Waals surface area contributed by atoms with Crippen LogP contribution in [0.3, 0.4) is 0 Å². The van der Waals surface area contributed by atoms with Gasteiger partial charge < -0.3 is 9.84 Å². The predicted molar refractivity (Wildman–Crippen MR) is 86.5 cm³/mol. The van der Waals surface area contributed by atoms with Gasteiger partial charge in [-0.2, -0.15) is 0 Å². The summed E-state index contributed by atoms with van der Waals surface area (Å²) in [5, 5.41) is 9.95. The third-order valence-corrected chi connectivity index (χ3v) is 4.33. The van der Waals surface area contributed by atoms with Gasteiger partial charge in [0.15, 0.2) is 0 Å². The Bertz CT molecular complexity index is 876. The number of carbonyl (C=O) groups is 1. The molecule has 1 heterocycles. The first-order chi connectivity index (χ1) is 11.1. The van der Waals surface area contributed by atoms with E-state index in [4.69, 9.17) is 4.74 Å². The normalized spacial score (nSPS) is 10.5. The zero-order valence-corrected chi connectivity index (χ0v) is 12.9. The lowest BCUT2D eigenvalue weighted by atomic mass is 10.1. The average Bonchev–Trinajstić information content (AvgIpc) is 3.00. The molecule has 3 rings (SSSR count). The standard InChI is InChI=1S/C17H12FNO3S/c1-22-13-7-3-5-11(9-13)16-19-14(15(23-16)17(20)21)10-4-2-6-12(18)8-10/h2-9H,1H3,(H,20,21). The maximum atomic E-state index is 13.4. The van der Waals surface area contributed by atoms with Crippen LogP contribution in [0.2, 0.25) is 0 Å². The van der Waals surface area contributed by atoms with E-state index in [0.717, 1.165) is 16.9 Å². The lowest BCUT2D eigenvalue weighted by molar-refractivity contribution is 0.0702. The summed E-state index contributed by atoms with van der Waals surface area (Å²) >= 11 is 1.05. The van der Waals surface area contributed by atoms with Gasteiger partial charge in [0.2, 0.25) is 0 Å². The van der Waals surface area contributed by atoms with Crippen molar-refractivity contribution < 1.29 is 19.0 Å². The number of thiazole rings is 1. The molecule has 0 unspecified atom stereocenters. The van der Waals surface area contributed by atoms with Crippen molar-refractivity contribution in [2.45, 2.75) is 0 Å². The van der Waals surface area contributed by atoms with Crippen molar-refractivity contribution >= 4 is 17.3 Å². The molecule has 0 atom stereocenters. The van der Waals surface area contributed by atoms with Gasteiger partial charge in [0.05, 0.1) is 12.8 Å². The number of hydrogen-bond acceptors (Lipinski definition) is 4. The topological polar surface area (TPSA) is 59.4 Å². The van der Waals surface area contributed by atoms with E-state index in [0.29, 0.717) is 16.3 Å². The quantitative estimate of drug-likeness (QED) is 0.774. The zero-order chi connectivity index (χ0) is 16.4. The molecule has 0 fully saturated rings. The highest BCUT2D eigenvalue weighted by atomic mass is 32.1. The molecule has 0 aliphatic rings. The number of carboxylic acid groups (broad SMARTS) is 1. The summed E-state index contributed by atoms with van der Waals surface area (Å²) in [5.41, 5.74) is 1.45. The molecular weight excluding hydrogens is 317 g/mol. The second-order valence-corrected chi connectivity index (χ2v) is 5.74. The van der Waals surface area contributed by atoms with Crippen molar-refractivity contribution in [1.29, 1.82) is 0 Å². The smallest absolute Gasteiger partial charge is 0.348 e. The van der Waals surface area contributed by atoms with E-state index in [1.54, 1.807) is 31.4 Å². The first kappa shape index (κ1) is 15.2. The largest absolute Gasteiger partial charge is 0.497 e.